The van der Waals surface area contributed by atoms with Crippen molar-refractivity contribution in [3.63, 3.8) is 0 Å². The summed E-state index contributed by atoms with van der Waals surface area (Å²) in [7, 11) is 1.83. The van der Waals surface area contributed by atoms with Crippen LogP contribution in [0.1, 0.15) is 24.4 Å². The van der Waals surface area contributed by atoms with Crippen LogP contribution in [0.25, 0.3) is 0 Å². The third kappa shape index (κ3) is 4.01. The molecule has 1 aliphatic carbocycles. The number of rotatable bonds is 6. The van der Waals surface area contributed by atoms with E-state index in [2.05, 4.69) is 5.32 Å². The zero-order chi connectivity index (χ0) is 13.8. The first-order valence-electron chi connectivity index (χ1n) is 6.55. The van der Waals surface area contributed by atoms with Crippen LogP contribution in [0, 0.1) is 5.82 Å². The number of nitrogens with two attached hydrogens (primary N) is 1. The molecule has 3 N–H and O–H groups in total. The number of hydrogen-bond acceptors (Lipinski definition) is 3. The summed E-state index contributed by atoms with van der Waals surface area (Å²) in [5.41, 5.74) is 6.54. The smallest absolute Gasteiger partial charge is 0.234 e. The Morgan fingerprint density at radius 2 is 2.32 bits per heavy atom. The van der Waals surface area contributed by atoms with E-state index in [1.165, 1.54) is 12.1 Å². The summed E-state index contributed by atoms with van der Waals surface area (Å²) < 4.78 is 13.2. The molecule has 1 amide bonds. The molecule has 0 heterocycles. The Balaban J connectivity index is 1.97. The predicted molar refractivity (Wildman–Crippen MR) is 72.0 cm³/mol. The number of amides is 1. The summed E-state index contributed by atoms with van der Waals surface area (Å²) in [5, 5.41) is 2.93. The molecule has 0 aromatic heterocycles. The molecule has 1 atom stereocenters. The fourth-order valence-corrected chi connectivity index (χ4v) is 2.12. The van der Waals surface area contributed by atoms with Gasteiger partial charge in [-0.15, -0.1) is 0 Å². The van der Waals surface area contributed by atoms with E-state index in [9.17, 15) is 9.18 Å². The highest BCUT2D eigenvalue weighted by molar-refractivity contribution is 5.78. The number of benzene rings is 1. The molecule has 1 aliphatic rings. The van der Waals surface area contributed by atoms with E-state index >= 15 is 0 Å². The maximum Gasteiger partial charge on any atom is 0.234 e. The largest absolute Gasteiger partial charge is 0.352 e. The van der Waals surface area contributed by atoms with E-state index in [0.717, 1.165) is 18.4 Å². The Hall–Kier alpha value is -1.46. The molecule has 0 radical (unpaired) electrons. The van der Waals surface area contributed by atoms with Crippen LogP contribution in [0.15, 0.2) is 24.3 Å². The lowest BCUT2D eigenvalue weighted by Crippen LogP contribution is -2.40. The molecule has 5 heteroatoms. The fraction of sp³-hybridized carbons (Fsp3) is 0.500. The molecule has 19 heavy (non-hydrogen) atoms. The van der Waals surface area contributed by atoms with Gasteiger partial charge in [-0.2, -0.15) is 0 Å². The molecule has 1 aromatic carbocycles. The average Bonchev–Trinajstić information content (AvgIpc) is 3.13. The third-order valence-corrected chi connectivity index (χ3v) is 3.32. The average molecular weight is 265 g/mol. The quantitative estimate of drug-likeness (QED) is 0.808. The third-order valence-electron chi connectivity index (χ3n) is 3.32. The first kappa shape index (κ1) is 14.0. The van der Waals surface area contributed by atoms with E-state index in [1.54, 1.807) is 6.07 Å². The van der Waals surface area contributed by atoms with Crippen LogP contribution in [-0.4, -0.2) is 37.0 Å². The van der Waals surface area contributed by atoms with Crippen molar-refractivity contribution in [1.29, 1.82) is 0 Å². The maximum absolute atomic E-state index is 13.2. The number of likely N-dealkylation sites (N-methyl/N-ethyl adjacent to an activating group) is 1. The van der Waals surface area contributed by atoms with Gasteiger partial charge in [0.2, 0.25) is 5.91 Å². The second-order valence-corrected chi connectivity index (χ2v) is 5.06. The van der Waals surface area contributed by atoms with Gasteiger partial charge in [0.05, 0.1) is 6.54 Å². The molecule has 104 valence electrons. The monoisotopic (exact) mass is 265 g/mol. The van der Waals surface area contributed by atoms with Crippen molar-refractivity contribution in [3.05, 3.63) is 35.6 Å². The summed E-state index contributed by atoms with van der Waals surface area (Å²) in [6.45, 7) is 0.617. The molecule has 2 rings (SSSR count). The van der Waals surface area contributed by atoms with Crippen molar-refractivity contribution in [2.45, 2.75) is 24.9 Å². The SMILES string of the molecule is CN(CC(=O)NC1CC1)C(CN)c1cccc(F)c1. The van der Waals surface area contributed by atoms with Gasteiger partial charge in [0, 0.05) is 18.6 Å². The highest BCUT2D eigenvalue weighted by Gasteiger charge is 2.25. The zero-order valence-electron chi connectivity index (χ0n) is 11.1. The van der Waals surface area contributed by atoms with E-state index in [-0.39, 0.29) is 24.3 Å². The van der Waals surface area contributed by atoms with Crippen molar-refractivity contribution in [2.75, 3.05) is 20.1 Å². The van der Waals surface area contributed by atoms with Crippen LogP contribution < -0.4 is 11.1 Å². The zero-order valence-corrected chi connectivity index (χ0v) is 11.1. The van der Waals surface area contributed by atoms with Crippen molar-refractivity contribution in [1.82, 2.24) is 10.2 Å². The molecular weight excluding hydrogens is 245 g/mol. The van der Waals surface area contributed by atoms with Crippen molar-refractivity contribution in [3.8, 4) is 0 Å². The van der Waals surface area contributed by atoms with Gasteiger partial charge in [0.25, 0.3) is 0 Å². The van der Waals surface area contributed by atoms with Gasteiger partial charge in [-0.1, -0.05) is 12.1 Å². The van der Waals surface area contributed by atoms with Crippen molar-refractivity contribution < 1.29 is 9.18 Å². The second-order valence-electron chi connectivity index (χ2n) is 5.06. The van der Waals surface area contributed by atoms with Gasteiger partial charge in [0.15, 0.2) is 0 Å². The summed E-state index contributed by atoms with van der Waals surface area (Å²) in [5.74, 6) is -0.286. The molecule has 0 aliphatic heterocycles. The number of hydrogen-bond donors (Lipinski definition) is 2. The minimum Gasteiger partial charge on any atom is -0.352 e. The van der Waals surface area contributed by atoms with Gasteiger partial charge in [-0.25, -0.2) is 4.39 Å². The predicted octanol–water partition coefficient (Wildman–Crippen LogP) is 1.04. The van der Waals surface area contributed by atoms with Crippen molar-refractivity contribution >= 4 is 5.91 Å². The van der Waals surface area contributed by atoms with Gasteiger partial charge in [-0.3, -0.25) is 9.69 Å². The number of carbonyl (C=O) groups excluding carboxylic acids is 1. The van der Waals surface area contributed by atoms with E-state index in [0.29, 0.717) is 12.6 Å². The summed E-state index contributed by atoms with van der Waals surface area (Å²) in [6, 6.07) is 6.55. The minimum atomic E-state index is -0.285. The van der Waals surface area contributed by atoms with Gasteiger partial charge in [0.1, 0.15) is 5.82 Å². The molecule has 1 aromatic rings. The number of carbonyl (C=O) groups is 1. The number of nitrogens with one attached hydrogen (secondary N) is 1. The minimum absolute atomic E-state index is 0.000136. The molecule has 1 unspecified atom stereocenters. The Morgan fingerprint density at radius 1 is 1.58 bits per heavy atom. The molecule has 1 fully saturated rings. The van der Waals surface area contributed by atoms with E-state index in [4.69, 9.17) is 5.73 Å². The lowest BCUT2D eigenvalue weighted by molar-refractivity contribution is -0.122. The molecule has 4 nitrogen and oxygen atoms in total. The summed E-state index contributed by atoms with van der Waals surface area (Å²) in [6.07, 6.45) is 2.14. The van der Waals surface area contributed by atoms with Crippen LogP contribution in [0.4, 0.5) is 4.39 Å². The van der Waals surface area contributed by atoms with Gasteiger partial charge in [-0.05, 0) is 37.6 Å². The van der Waals surface area contributed by atoms with Crippen LogP contribution in [-0.2, 0) is 4.79 Å². The summed E-state index contributed by atoms with van der Waals surface area (Å²) >= 11 is 0. The van der Waals surface area contributed by atoms with Crippen LogP contribution in [0.3, 0.4) is 0 Å². The van der Waals surface area contributed by atoms with Crippen molar-refractivity contribution in [2.24, 2.45) is 5.73 Å². The first-order chi connectivity index (χ1) is 9.10. The van der Waals surface area contributed by atoms with E-state index in [1.807, 2.05) is 18.0 Å². The lowest BCUT2D eigenvalue weighted by atomic mass is 10.1. The molecular formula is C14H20FN3O. The first-order valence-corrected chi connectivity index (χ1v) is 6.55. The second kappa shape index (κ2) is 6.12. The molecule has 1 saturated carbocycles. The number of nitrogens with zero attached hydrogens (tertiary/aromatic N) is 1. The van der Waals surface area contributed by atoms with E-state index < -0.39 is 0 Å². The van der Waals surface area contributed by atoms with Gasteiger partial charge >= 0.3 is 0 Å². The fourth-order valence-electron chi connectivity index (χ4n) is 2.12. The molecule has 0 saturated heterocycles. The van der Waals surface area contributed by atoms with Crippen LogP contribution >= 0.6 is 0 Å². The highest BCUT2D eigenvalue weighted by atomic mass is 19.1. The topological polar surface area (TPSA) is 58.4 Å². The van der Waals surface area contributed by atoms with Gasteiger partial charge < -0.3 is 11.1 Å². The molecule has 0 bridgehead atoms. The lowest BCUT2D eigenvalue weighted by Gasteiger charge is -2.26. The maximum atomic E-state index is 13.2. The number of halogens is 1. The standard InChI is InChI=1S/C14H20FN3O/c1-18(9-14(19)17-12-5-6-12)13(8-16)10-3-2-4-11(15)7-10/h2-4,7,12-13H,5-6,8-9,16H2,1H3,(H,17,19). The normalized spacial score (nSPS) is 16.4. The van der Waals surface area contributed by atoms with Crippen LogP contribution in [0.2, 0.25) is 0 Å². The Kier molecular flexibility index (Phi) is 4.50. The van der Waals surface area contributed by atoms with Crippen LogP contribution in [0.5, 0.6) is 0 Å². The molecule has 0 spiro atoms. The highest BCUT2D eigenvalue weighted by Crippen LogP contribution is 2.20. The Labute approximate surface area is 112 Å². The Morgan fingerprint density at radius 3 is 2.89 bits per heavy atom. The Bertz CT molecular complexity index is 448. The summed E-state index contributed by atoms with van der Waals surface area (Å²) in [4.78, 5) is 13.6.